The minimum absolute atomic E-state index is 0.0304. The molecule has 166 valence electrons. The molecule has 0 aliphatic heterocycles. The third-order valence-corrected chi connectivity index (χ3v) is 6.30. The Morgan fingerprint density at radius 2 is 1.59 bits per heavy atom. The Morgan fingerprint density at radius 1 is 0.906 bits per heavy atom. The lowest BCUT2D eigenvalue weighted by atomic mass is 10.2. The number of amides is 1. The van der Waals surface area contributed by atoms with Crippen molar-refractivity contribution in [3.8, 4) is 11.4 Å². The Balaban J connectivity index is 1.49. The number of nitrogens with one attached hydrogen (secondary N) is 1. The average Bonchev–Trinajstić information content (AvgIpc) is 3.35. The van der Waals surface area contributed by atoms with Gasteiger partial charge >= 0.3 is 5.69 Å². The Labute approximate surface area is 190 Å². The molecule has 0 saturated carbocycles. The van der Waals surface area contributed by atoms with Crippen LogP contribution in [0.15, 0.2) is 58.5 Å². The average molecular weight is 451 g/mol. The van der Waals surface area contributed by atoms with E-state index in [4.69, 9.17) is 0 Å². The van der Waals surface area contributed by atoms with Crippen molar-refractivity contribution in [2.45, 2.75) is 45.6 Å². The van der Waals surface area contributed by atoms with Crippen LogP contribution in [0.3, 0.4) is 0 Å². The van der Waals surface area contributed by atoms with Crippen molar-refractivity contribution in [2.24, 2.45) is 0 Å². The first-order chi connectivity index (χ1) is 15.6. The summed E-state index contributed by atoms with van der Waals surface area (Å²) in [5, 5.41) is 12.2. The van der Waals surface area contributed by atoms with E-state index in [1.807, 2.05) is 73.9 Å². The molecule has 32 heavy (non-hydrogen) atoms. The van der Waals surface area contributed by atoms with Crippen LogP contribution in [0.25, 0.3) is 22.4 Å². The van der Waals surface area contributed by atoms with Crippen LogP contribution in [0.1, 0.15) is 20.8 Å². The van der Waals surface area contributed by atoms with E-state index < -0.39 is 0 Å². The topological polar surface area (TPSA) is 86.7 Å². The van der Waals surface area contributed by atoms with Crippen LogP contribution in [0, 0.1) is 0 Å². The molecule has 0 aliphatic rings. The zero-order chi connectivity index (χ0) is 22.7. The van der Waals surface area contributed by atoms with Gasteiger partial charge in [-0.3, -0.25) is 13.9 Å². The van der Waals surface area contributed by atoms with Crippen LogP contribution >= 0.6 is 11.8 Å². The molecule has 0 unspecified atom stereocenters. The second kappa shape index (κ2) is 9.44. The third kappa shape index (κ3) is 4.08. The molecule has 1 N–H and O–H groups in total. The van der Waals surface area contributed by atoms with E-state index in [0.29, 0.717) is 30.5 Å². The molecule has 2 heterocycles. The van der Waals surface area contributed by atoms with Crippen molar-refractivity contribution >= 4 is 34.4 Å². The molecular formula is C23H26N6O2S. The predicted molar refractivity (Wildman–Crippen MR) is 128 cm³/mol. The Kier molecular flexibility index (Phi) is 6.45. The van der Waals surface area contributed by atoms with Gasteiger partial charge in [0.2, 0.25) is 5.91 Å². The van der Waals surface area contributed by atoms with Gasteiger partial charge in [0, 0.05) is 30.9 Å². The summed E-state index contributed by atoms with van der Waals surface area (Å²) in [5.41, 5.74) is 3.32. The molecule has 8 nitrogen and oxygen atoms in total. The fourth-order valence-electron chi connectivity index (χ4n) is 3.82. The van der Waals surface area contributed by atoms with Crippen LogP contribution < -0.4 is 11.0 Å². The van der Waals surface area contributed by atoms with E-state index in [1.54, 1.807) is 9.13 Å². The van der Waals surface area contributed by atoms with Gasteiger partial charge in [0.05, 0.1) is 16.8 Å². The smallest absolute Gasteiger partial charge is 0.325 e. The Hall–Kier alpha value is -3.33. The van der Waals surface area contributed by atoms with Crippen LogP contribution in [0.2, 0.25) is 0 Å². The van der Waals surface area contributed by atoms with E-state index in [9.17, 15) is 9.59 Å². The van der Waals surface area contributed by atoms with E-state index in [-0.39, 0.29) is 17.3 Å². The highest BCUT2D eigenvalue weighted by atomic mass is 32.2. The summed E-state index contributed by atoms with van der Waals surface area (Å²) < 4.78 is 5.47. The summed E-state index contributed by atoms with van der Waals surface area (Å²) in [5.74, 6) is 0.864. The standard InChI is InChI=1S/C23H26N6O2S/c1-4-27-18-13-12-17(14-19(18)28(5-2)23(27)31)24-20(30)15-32-22-26-25-21(29(22)6-3)16-10-8-7-9-11-16/h7-14H,4-6,15H2,1-3H3,(H,24,30). The lowest BCUT2D eigenvalue weighted by Crippen LogP contribution is -2.23. The highest BCUT2D eigenvalue weighted by Crippen LogP contribution is 2.24. The molecular weight excluding hydrogens is 424 g/mol. The fourth-order valence-corrected chi connectivity index (χ4v) is 4.62. The number of carbonyl (C=O) groups excluding carboxylic acids is 1. The van der Waals surface area contributed by atoms with Crippen LogP contribution in [-0.4, -0.2) is 35.6 Å². The molecule has 0 atom stereocenters. The number of aryl methyl sites for hydroxylation is 2. The number of fused-ring (bicyclic) bond motifs is 1. The van der Waals surface area contributed by atoms with Gasteiger partial charge in [0.15, 0.2) is 11.0 Å². The van der Waals surface area contributed by atoms with Gasteiger partial charge in [0.25, 0.3) is 0 Å². The number of benzene rings is 2. The number of imidazole rings is 1. The summed E-state index contributed by atoms with van der Waals surface area (Å²) in [4.78, 5) is 25.1. The quantitative estimate of drug-likeness (QED) is 0.412. The van der Waals surface area contributed by atoms with E-state index in [2.05, 4.69) is 15.5 Å². The van der Waals surface area contributed by atoms with Crippen LogP contribution in [0.5, 0.6) is 0 Å². The third-order valence-electron chi connectivity index (χ3n) is 5.33. The lowest BCUT2D eigenvalue weighted by Gasteiger charge is -2.08. The van der Waals surface area contributed by atoms with Gasteiger partial charge in [0.1, 0.15) is 0 Å². The first-order valence-corrected chi connectivity index (χ1v) is 11.7. The molecule has 0 spiro atoms. The maximum atomic E-state index is 12.6. The number of nitrogens with zero attached hydrogens (tertiary/aromatic N) is 5. The number of anilines is 1. The Morgan fingerprint density at radius 3 is 2.28 bits per heavy atom. The lowest BCUT2D eigenvalue weighted by molar-refractivity contribution is -0.113. The molecule has 2 aromatic carbocycles. The van der Waals surface area contributed by atoms with E-state index in [0.717, 1.165) is 22.4 Å². The maximum Gasteiger partial charge on any atom is 0.329 e. The number of rotatable bonds is 8. The van der Waals surface area contributed by atoms with Gasteiger partial charge in [-0.15, -0.1) is 10.2 Å². The first-order valence-electron chi connectivity index (χ1n) is 10.7. The minimum Gasteiger partial charge on any atom is -0.325 e. The highest BCUT2D eigenvalue weighted by molar-refractivity contribution is 7.99. The summed E-state index contributed by atoms with van der Waals surface area (Å²) in [7, 11) is 0. The maximum absolute atomic E-state index is 12.6. The summed E-state index contributed by atoms with van der Waals surface area (Å²) in [6.45, 7) is 7.81. The van der Waals surface area contributed by atoms with E-state index >= 15 is 0 Å². The molecule has 0 saturated heterocycles. The van der Waals surface area contributed by atoms with Gasteiger partial charge in [-0.1, -0.05) is 42.1 Å². The second-order valence-corrected chi connectivity index (χ2v) is 8.17. The van der Waals surface area contributed by atoms with Gasteiger partial charge in [-0.05, 0) is 39.0 Å². The van der Waals surface area contributed by atoms with Gasteiger partial charge < -0.3 is 9.88 Å². The fraction of sp³-hybridized carbons (Fsp3) is 0.304. The number of hydrogen-bond donors (Lipinski definition) is 1. The number of hydrogen-bond acceptors (Lipinski definition) is 5. The van der Waals surface area contributed by atoms with Crippen LogP contribution in [0.4, 0.5) is 5.69 Å². The minimum atomic E-state index is -0.137. The molecule has 0 fully saturated rings. The van der Waals surface area contributed by atoms with Crippen molar-refractivity contribution < 1.29 is 4.79 Å². The predicted octanol–water partition coefficient (Wildman–Crippen LogP) is 3.85. The first kappa shape index (κ1) is 21.9. The zero-order valence-electron chi connectivity index (χ0n) is 18.4. The van der Waals surface area contributed by atoms with Crippen molar-refractivity contribution in [3.63, 3.8) is 0 Å². The molecule has 1 amide bonds. The van der Waals surface area contributed by atoms with Crippen molar-refractivity contribution in [1.29, 1.82) is 0 Å². The molecule has 9 heteroatoms. The molecule has 0 radical (unpaired) electrons. The molecule has 0 bridgehead atoms. The number of thioether (sulfide) groups is 1. The molecule has 4 aromatic rings. The number of aromatic nitrogens is 5. The monoisotopic (exact) mass is 450 g/mol. The molecule has 4 rings (SSSR count). The zero-order valence-corrected chi connectivity index (χ0v) is 19.2. The van der Waals surface area contributed by atoms with Crippen LogP contribution in [-0.2, 0) is 24.4 Å². The summed E-state index contributed by atoms with van der Waals surface area (Å²) in [6.07, 6.45) is 0. The van der Waals surface area contributed by atoms with Gasteiger partial charge in [-0.25, -0.2) is 4.79 Å². The SMILES string of the molecule is CCn1c(SCC(=O)Nc2ccc3c(c2)n(CC)c(=O)n3CC)nnc1-c1ccccc1. The summed E-state index contributed by atoms with van der Waals surface area (Å²) >= 11 is 1.35. The van der Waals surface area contributed by atoms with Crippen molar-refractivity contribution in [1.82, 2.24) is 23.9 Å². The highest BCUT2D eigenvalue weighted by Gasteiger charge is 2.16. The normalized spacial score (nSPS) is 11.2. The van der Waals surface area contributed by atoms with Gasteiger partial charge in [-0.2, -0.15) is 0 Å². The molecule has 2 aromatic heterocycles. The van der Waals surface area contributed by atoms with E-state index in [1.165, 1.54) is 11.8 Å². The largest absolute Gasteiger partial charge is 0.329 e. The van der Waals surface area contributed by atoms with Crippen molar-refractivity contribution in [3.05, 3.63) is 59.0 Å². The Bertz CT molecular complexity index is 1310. The molecule has 0 aliphatic carbocycles. The van der Waals surface area contributed by atoms with Crippen molar-refractivity contribution in [2.75, 3.05) is 11.1 Å². The number of carbonyl (C=O) groups is 1. The second-order valence-electron chi connectivity index (χ2n) is 7.23. The summed E-state index contributed by atoms with van der Waals surface area (Å²) in [6, 6.07) is 15.5.